The molecule has 0 amide bonds. The summed E-state index contributed by atoms with van der Waals surface area (Å²) in [6.45, 7) is 0. The number of methoxy groups -OCH3 is 1. The number of hydrogen-bond donors (Lipinski definition) is 0. The molecule has 0 heterocycles. The third-order valence-electron chi connectivity index (χ3n) is 3.10. The van der Waals surface area contributed by atoms with Gasteiger partial charge in [0.2, 0.25) is 0 Å². The molecule has 0 unspecified atom stereocenters. The summed E-state index contributed by atoms with van der Waals surface area (Å²) in [5, 5.41) is 1.02. The molecule has 0 fully saturated rings. The highest BCUT2D eigenvalue weighted by Gasteiger charge is 2.59. The fourth-order valence-corrected chi connectivity index (χ4v) is 1.97. The van der Waals surface area contributed by atoms with Crippen LogP contribution in [0.5, 0.6) is 5.75 Å². The van der Waals surface area contributed by atoms with Crippen molar-refractivity contribution in [1.82, 2.24) is 0 Å². The summed E-state index contributed by atoms with van der Waals surface area (Å²) in [6.07, 6.45) is -15.7. The zero-order valence-electron chi connectivity index (χ0n) is 12.0. The summed E-state index contributed by atoms with van der Waals surface area (Å²) in [6, 6.07) is 8.22. The zero-order valence-corrected chi connectivity index (χ0v) is 12.0. The topological polar surface area (TPSA) is 35.5 Å². The lowest BCUT2D eigenvalue weighted by molar-refractivity contribution is -0.307. The molecule has 9 heteroatoms. The van der Waals surface area contributed by atoms with Crippen LogP contribution in [-0.4, -0.2) is 31.5 Å². The summed E-state index contributed by atoms with van der Waals surface area (Å²) < 4.78 is 83.1. The van der Waals surface area contributed by atoms with Crippen molar-refractivity contribution in [2.24, 2.45) is 0 Å². The standard InChI is InChI=1S/C15H10F6O3/c1-23-11-5-4-8-6-10(3-2-9(8)7-11)12(22)24-13(14(16,17)18)15(19,20)21/h2-7,13H,1H3. The molecule has 2 aromatic rings. The van der Waals surface area contributed by atoms with Crippen molar-refractivity contribution >= 4 is 16.7 Å². The maximum absolute atomic E-state index is 12.4. The number of benzene rings is 2. The molecule has 24 heavy (non-hydrogen) atoms. The number of esters is 1. The van der Waals surface area contributed by atoms with Crippen LogP contribution < -0.4 is 4.74 Å². The summed E-state index contributed by atoms with van der Waals surface area (Å²) in [4.78, 5) is 11.7. The van der Waals surface area contributed by atoms with Crippen molar-refractivity contribution in [3.63, 3.8) is 0 Å². The lowest BCUT2D eigenvalue weighted by Gasteiger charge is -2.22. The van der Waals surface area contributed by atoms with Crippen LogP contribution in [0.3, 0.4) is 0 Å². The summed E-state index contributed by atoms with van der Waals surface area (Å²) in [5.74, 6) is -1.21. The molecule has 2 aromatic carbocycles. The molecule has 0 aliphatic carbocycles. The van der Waals surface area contributed by atoms with E-state index in [9.17, 15) is 31.1 Å². The number of carbonyl (C=O) groups excluding carboxylic acids is 1. The number of hydrogen-bond acceptors (Lipinski definition) is 3. The van der Waals surface area contributed by atoms with Gasteiger partial charge in [0.1, 0.15) is 5.75 Å². The number of alkyl halides is 6. The Bertz CT molecular complexity index is 737. The van der Waals surface area contributed by atoms with Crippen LogP contribution in [0.4, 0.5) is 26.3 Å². The monoisotopic (exact) mass is 352 g/mol. The average molecular weight is 352 g/mol. The van der Waals surface area contributed by atoms with E-state index in [1.165, 1.54) is 25.3 Å². The predicted octanol–water partition coefficient (Wildman–Crippen LogP) is 4.50. The molecule has 2 rings (SSSR count). The van der Waals surface area contributed by atoms with Crippen LogP contribution in [0.2, 0.25) is 0 Å². The first kappa shape index (κ1) is 17.9. The highest BCUT2D eigenvalue weighted by Crippen LogP contribution is 2.36. The Labute approximate surface area is 131 Å². The van der Waals surface area contributed by atoms with E-state index in [2.05, 4.69) is 4.74 Å². The minimum absolute atomic E-state index is 0.425. The first-order valence-electron chi connectivity index (χ1n) is 6.44. The van der Waals surface area contributed by atoms with Gasteiger partial charge < -0.3 is 9.47 Å². The SMILES string of the molecule is COc1ccc2cc(C(=O)OC(C(F)(F)F)C(F)(F)F)ccc2c1. The smallest absolute Gasteiger partial charge is 0.434 e. The van der Waals surface area contributed by atoms with Gasteiger partial charge in [-0.3, -0.25) is 0 Å². The second kappa shape index (κ2) is 6.21. The molecular formula is C15H10F6O3. The number of halogens is 6. The number of ether oxygens (including phenoxy) is 2. The fraction of sp³-hybridized carbons (Fsp3) is 0.267. The molecule has 0 saturated carbocycles. The molecule has 130 valence electrons. The summed E-state index contributed by atoms with van der Waals surface area (Å²) in [5.41, 5.74) is -0.425. The van der Waals surface area contributed by atoms with Gasteiger partial charge in [0, 0.05) is 0 Å². The van der Waals surface area contributed by atoms with Crippen LogP contribution >= 0.6 is 0 Å². The molecular weight excluding hydrogens is 342 g/mol. The van der Waals surface area contributed by atoms with Gasteiger partial charge in [0.15, 0.2) is 0 Å². The molecule has 0 aromatic heterocycles. The van der Waals surface area contributed by atoms with Crippen LogP contribution in [-0.2, 0) is 4.74 Å². The molecule has 3 nitrogen and oxygen atoms in total. The van der Waals surface area contributed by atoms with E-state index in [0.29, 0.717) is 16.5 Å². The zero-order chi connectivity index (χ0) is 18.1. The van der Waals surface area contributed by atoms with Gasteiger partial charge in [-0.15, -0.1) is 0 Å². The van der Waals surface area contributed by atoms with Crippen molar-refractivity contribution in [3.8, 4) is 5.75 Å². The Morgan fingerprint density at radius 2 is 1.46 bits per heavy atom. The third-order valence-corrected chi connectivity index (χ3v) is 3.10. The fourth-order valence-electron chi connectivity index (χ4n) is 1.97. The van der Waals surface area contributed by atoms with Gasteiger partial charge in [-0.1, -0.05) is 12.1 Å². The lowest BCUT2D eigenvalue weighted by Crippen LogP contribution is -2.45. The van der Waals surface area contributed by atoms with Crippen molar-refractivity contribution in [3.05, 3.63) is 42.0 Å². The van der Waals surface area contributed by atoms with Gasteiger partial charge in [0.05, 0.1) is 12.7 Å². The largest absolute Gasteiger partial charge is 0.497 e. The Kier molecular flexibility index (Phi) is 4.63. The Morgan fingerprint density at radius 3 is 2.00 bits per heavy atom. The van der Waals surface area contributed by atoms with E-state index in [1.807, 2.05) is 0 Å². The lowest BCUT2D eigenvalue weighted by atomic mass is 10.1. The molecule has 0 saturated heterocycles. The normalized spacial score (nSPS) is 12.5. The summed E-state index contributed by atoms with van der Waals surface area (Å²) in [7, 11) is 1.43. The van der Waals surface area contributed by atoms with Crippen molar-refractivity contribution in [2.45, 2.75) is 18.5 Å². The maximum atomic E-state index is 12.4. The van der Waals surface area contributed by atoms with E-state index >= 15 is 0 Å². The van der Waals surface area contributed by atoms with Crippen molar-refractivity contribution < 1.29 is 40.6 Å². The third kappa shape index (κ3) is 3.90. The van der Waals surface area contributed by atoms with Crippen LogP contribution in [0.1, 0.15) is 10.4 Å². The minimum atomic E-state index is -5.75. The molecule has 0 aliphatic rings. The maximum Gasteiger partial charge on any atom is 0.434 e. The van der Waals surface area contributed by atoms with Gasteiger partial charge in [-0.25, -0.2) is 4.79 Å². The molecule has 0 N–H and O–H groups in total. The Morgan fingerprint density at radius 1 is 0.917 bits per heavy atom. The highest BCUT2D eigenvalue weighted by atomic mass is 19.4. The number of fused-ring (bicyclic) bond motifs is 1. The Balaban J connectivity index is 2.30. The molecule has 0 spiro atoms. The van der Waals surface area contributed by atoms with Gasteiger partial charge in [0.25, 0.3) is 6.10 Å². The minimum Gasteiger partial charge on any atom is -0.497 e. The predicted molar refractivity (Wildman–Crippen MR) is 71.8 cm³/mol. The Hall–Kier alpha value is -2.45. The first-order chi connectivity index (χ1) is 11.0. The van der Waals surface area contributed by atoms with E-state index in [0.717, 1.165) is 12.1 Å². The quantitative estimate of drug-likeness (QED) is 0.603. The summed E-state index contributed by atoms with van der Waals surface area (Å²) >= 11 is 0. The number of carbonyl (C=O) groups is 1. The van der Waals surface area contributed by atoms with E-state index < -0.39 is 30.0 Å². The van der Waals surface area contributed by atoms with Crippen LogP contribution in [0.25, 0.3) is 10.8 Å². The van der Waals surface area contributed by atoms with E-state index in [4.69, 9.17) is 4.74 Å². The second-order valence-electron chi connectivity index (χ2n) is 4.80. The molecule has 0 radical (unpaired) electrons. The average Bonchev–Trinajstić information content (AvgIpc) is 2.49. The molecule has 0 aliphatic heterocycles. The van der Waals surface area contributed by atoms with Crippen molar-refractivity contribution in [1.29, 1.82) is 0 Å². The van der Waals surface area contributed by atoms with Crippen molar-refractivity contribution in [2.75, 3.05) is 7.11 Å². The van der Waals surface area contributed by atoms with Crippen LogP contribution in [0.15, 0.2) is 36.4 Å². The van der Waals surface area contributed by atoms with Crippen LogP contribution in [0, 0.1) is 0 Å². The van der Waals surface area contributed by atoms with Gasteiger partial charge in [-0.2, -0.15) is 26.3 Å². The van der Waals surface area contributed by atoms with Gasteiger partial charge >= 0.3 is 18.3 Å². The molecule has 0 atom stereocenters. The molecule has 0 bridgehead atoms. The first-order valence-corrected chi connectivity index (χ1v) is 6.44. The number of rotatable bonds is 3. The van der Waals surface area contributed by atoms with E-state index in [-0.39, 0.29) is 0 Å². The second-order valence-corrected chi connectivity index (χ2v) is 4.80. The van der Waals surface area contributed by atoms with E-state index in [1.54, 1.807) is 6.07 Å². The van der Waals surface area contributed by atoms with Gasteiger partial charge in [-0.05, 0) is 35.0 Å². The highest BCUT2D eigenvalue weighted by molar-refractivity contribution is 5.95.